The number of rotatable bonds is 7. The Kier molecular flexibility index (Phi) is 8.50. The largest absolute Gasteiger partial charge is 0.508 e. The first-order valence-electron chi connectivity index (χ1n) is 14.0. The molecule has 5 rings (SSSR count). The summed E-state index contributed by atoms with van der Waals surface area (Å²) in [4.78, 5) is 30.6. The lowest BCUT2D eigenvalue weighted by atomic mass is 9.67. The summed E-state index contributed by atoms with van der Waals surface area (Å²) in [5.74, 6) is -3.31. The van der Waals surface area contributed by atoms with Crippen LogP contribution >= 0.6 is 0 Å². The molecule has 3 aromatic rings. The first-order chi connectivity index (χ1) is 19.9. The van der Waals surface area contributed by atoms with Crippen LogP contribution in [0.15, 0.2) is 66.7 Å². The smallest absolute Gasteiger partial charge is 0.211 e. The lowest BCUT2D eigenvalue weighted by Crippen LogP contribution is -2.56. The topological polar surface area (TPSA) is 115 Å². The maximum absolute atomic E-state index is 14.9. The molecular weight excluding hydrogens is 559 g/mol. The molecule has 8 nitrogen and oxygen atoms in total. The number of likely N-dealkylation sites (tertiary alicyclic amines) is 1. The number of benzene rings is 3. The van der Waals surface area contributed by atoms with Gasteiger partial charge in [0.2, 0.25) is 10.0 Å². The van der Waals surface area contributed by atoms with Crippen molar-refractivity contribution in [2.24, 2.45) is 11.8 Å². The Balaban J connectivity index is 1.60. The highest BCUT2D eigenvalue weighted by molar-refractivity contribution is 7.88. The van der Waals surface area contributed by atoms with Gasteiger partial charge in [0.25, 0.3) is 0 Å². The fourth-order valence-electron chi connectivity index (χ4n) is 6.58. The maximum atomic E-state index is 14.9. The fraction of sp³-hybridized carbons (Fsp3) is 0.375. The van der Waals surface area contributed by atoms with Crippen LogP contribution in [0.2, 0.25) is 0 Å². The number of phenols is 2. The average Bonchev–Trinajstić information content (AvgIpc) is 2.97. The lowest BCUT2D eigenvalue weighted by molar-refractivity contribution is 0.0361. The van der Waals surface area contributed by atoms with Crippen molar-refractivity contribution >= 4 is 21.6 Å². The maximum Gasteiger partial charge on any atom is 0.211 e. The van der Waals surface area contributed by atoms with E-state index in [2.05, 4.69) is 4.90 Å². The number of sulfonamides is 1. The Labute approximate surface area is 245 Å². The number of ketones is 2. The molecule has 2 N–H and O–H groups in total. The van der Waals surface area contributed by atoms with E-state index in [1.54, 1.807) is 43.3 Å². The molecule has 3 aromatic carbocycles. The molecule has 0 aliphatic carbocycles. The predicted octanol–water partition coefficient (Wildman–Crippen LogP) is 4.37. The van der Waals surface area contributed by atoms with E-state index in [-0.39, 0.29) is 53.3 Å². The van der Waals surface area contributed by atoms with E-state index >= 15 is 0 Å². The Bertz CT molecular complexity index is 1530. The van der Waals surface area contributed by atoms with Gasteiger partial charge in [-0.2, -0.15) is 0 Å². The molecule has 10 heteroatoms. The molecule has 0 radical (unpaired) electrons. The summed E-state index contributed by atoms with van der Waals surface area (Å²) in [6.45, 7) is 2.88. The number of phenolic OH excluding ortho intramolecular Hbond substituents is 2. The van der Waals surface area contributed by atoms with Gasteiger partial charge in [-0.15, -0.1) is 0 Å². The number of hydrogen-bond donors (Lipinski definition) is 2. The Morgan fingerprint density at radius 3 is 1.81 bits per heavy atom. The van der Waals surface area contributed by atoms with Crippen molar-refractivity contribution in [1.29, 1.82) is 0 Å². The number of carbonyl (C=O) groups excluding carboxylic acids is 2. The molecule has 222 valence electrons. The number of halogens is 1. The minimum Gasteiger partial charge on any atom is -0.508 e. The third kappa shape index (κ3) is 6.11. The highest BCUT2D eigenvalue weighted by atomic mass is 32.2. The van der Waals surface area contributed by atoms with Crippen LogP contribution in [0.1, 0.15) is 50.6 Å². The minimum atomic E-state index is -3.34. The van der Waals surface area contributed by atoms with Crippen LogP contribution in [-0.2, 0) is 10.0 Å². The Hall–Kier alpha value is -3.60. The zero-order valence-electron chi connectivity index (χ0n) is 23.6. The average molecular weight is 595 g/mol. The first kappa shape index (κ1) is 29.9. The van der Waals surface area contributed by atoms with Crippen LogP contribution in [0.25, 0.3) is 0 Å². The van der Waals surface area contributed by atoms with Gasteiger partial charge in [0.1, 0.15) is 17.3 Å². The van der Waals surface area contributed by atoms with E-state index in [4.69, 9.17) is 0 Å². The van der Waals surface area contributed by atoms with E-state index < -0.39 is 33.6 Å². The molecule has 0 unspecified atom stereocenters. The number of nitrogens with zero attached hydrogens (tertiary/aromatic N) is 2. The van der Waals surface area contributed by atoms with E-state index in [0.717, 1.165) is 0 Å². The summed E-state index contributed by atoms with van der Waals surface area (Å²) >= 11 is 0. The molecule has 0 saturated carbocycles. The molecule has 2 heterocycles. The van der Waals surface area contributed by atoms with Crippen LogP contribution in [-0.4, -0.2) is 77.9 Å². The third-order valence-electron chi connectivity index (χ3n) is 8.74. The van der Waals surface area contributed by atoms with Crippen LogP contribution in [0.3, 0.4) is 0 Å². The molecule has 0 spiro atoms. The number of Topliss-reactive ketones (excluding diaryl/α,β-unsaturated/α-hetero) is 2. The lowest BCUT2D eigenvalue weighted by Gasteiger charge is -2.47. The fourth-order valence-corrected chi connectivity index (χ4v) is 7.46. The highest BCUT2D eigenvalue weighted by Crippen LogP contribution is 2.44. The van der Waals surface area contributed by atoms with Gasteiger partial charge in [-0.05, 0) is 61.2 Å². The molecule has 0 bridgehead atoms. The Morgan fingerprint density at radius 2 is 1.33 bits per heavy atom. The van der Waals surface area contributed by atoms with Crippen molar-refractivity contribution in [3.8, 4) is 11.5 Å². The zero-order valence-corrected chi connectivity index (χ0v) is 24.4. The number of carbonyl (C=O) groups is 2. The molecule has 2 saturated heterocycles. The van der Waals surface area contributed by atoms with Gasteiger partial charge in [0.05, 0.1) is 6.26 Å². The number of hydrogen-bond acceptors (Lipinski definition) is 7. The Morgan fingerprint density at radius 1 is 0.833 bits per heavy atom. The second-order valence-electron chi connectivity index (χ2n) is 11.4. The molecule has 2 aliphatic heterocycles. The summed E-state index contributed by atoms with van der Waals surface area (Å²) in [5.41, 5.74) is 1.51. The van der Waals surface area contributed by atoms with E-state index in [0.29, 0.717) is 37.1 Å². The number of aromatic hydroxyl groups is 2. The monoisotopic (exact) mass is 594 g/mol. The van der Waals surface area contributed by atoms with Crippen molar-refractivity contribution in [3.63, 3.8) is 0 Å². The van der Waals surface area contributed by atoms with Crippen molar-refractivity contribution in [3.05, 3.63) is 94.8 Å². The third-order valence-corrected chi connectivity index (χ3v) is 10.0. The van der Waals surface area contributed by atoms with Gasteiger partial charge >= 0.3 is 0 Å². The zero-order chi connectivity index (χ0) is 30.2. The molecule has 42 heavy (non-hydrogen) atoms. The SMILES string of the molecule is Cc1c(F)cccc1C1[C@@H](C(=O)c2cccc(O)c2)CN(C2CCN(S(C)(=O)=O)CC2)C[C@@H]1C(=O)c1cccc(O)c1. The second kappa shape index (κ2) is 11.9. The van der Waals surface area contributed by atoms with Gasteiger partial charge in [-0.25, -0.2) is 17.1 Å². The first-order valence-corrected chi connectivity index (χ1v) is 15.9. The van der Waals surface area contributed by atoms with Crippen molar-refractivity contribution < 1.29 is 32.6 Å². The normalized spacial score (nSPS) is 21.3. The molecular formula is C32H35FN2O6S. The van der Waals surface area contributed by atoms with Gasteiger partial charge < -0.3 is 10.2 Å². The molecule has 2 aliphatic rings. The van der Waals surface area contributed by atoms with E-state index in [1.165, 1.54) is 40.9 Å². The minimum absolute atomic E-state index is 0.0625. The van der Waals surface area contributed by atoms with Crippen molar-refractivity contribution in [1.82, 2.24) is 9.21 Å². The second-order valence-corrected chi connectivity index (χ2v) is 13.4. The van der Waals surface area contributed by atoms with Crippen LogP contribution in [0.5, 0.6) is 11.5 Å². The predicted molar refractivity (Wildman–Crippen MR) is 157 cm³/mol. The van der Waals surface area contributed by atoms with Crippen LogP contribution in [0.4, 0.5) is 4.39 Å². The summed E-state index contributed by atoms with van der Waals surface area (Å²) in [7, 11) is -3.34. The quantitative estimate of drug-likeness (QED) is 0.391. The van der Waals surface area contributed by atoms with Crippen LogP contribution < -0.4 is 0 Å². The van der Waals surface area contributed by atoms with Gasteiger partial charge in [-0.3, -0.25) is 14.5 Å². The van der Waals surface area contributed by atoms with E-state index in [9.17, 15) is 32.6 Å². The molecule has 2 fully saturated rings. The molecule has 0 amide bonds. The summed E-state index contributed by atoms with van der Waals surface area (Å²) < 4.78 is 40.6. The summed E-state index contributed by atoms with van der Waals surface area (Å²) in [6, 6.07) is 16.8. The summed E-state index contributed by atoms with van der Waals surface area (Å²) in [6.07, 6.45) is 2.27. The van der Waals surface area contributed by atoms with Crippen LogP contribution in [0, 0.1) is 24.6 Å². The molecule has 0 aromatic heterocycles. The number of piperidine rings is 2. The van der Waals surface area contributed by atoms with Crippen molar-refractivity contribution in [2.75, 3.05) is 32.4 Å². The van der Waals surface area contributed by atoms with E-state index in [1.807, 2.05) is 0 Å². The van der Waals surface area contributed by atoms with Crippen molar-refractivity contribution in [2.45, 2.75) is 31.7 Å². The van der Waals surface area contributed by atoms with Gasteiger partial charge in [0.15, 0.2) is 11.6 Å². The summed E-state index contributed by atoms with van der Waals surface area (Å²) in [5, 5.41) is 20.3. The van der Waals surface area contributed by atoms with Gasteiger partial charge in [0, 0.05) is 61.1 Å². The highest BCUT2D eigenvalue weighted by Gasteiger charge is 2.47. The van der Waals surface area contributed by atoms with Gasteiger partial charge in [-0.1, -0.05) is 36.4 Å². The standard InChI is InChI=1S/C32H35FN2O6S/c1-20-26(10-5-11-29(20)33)30-27(31(38)21-6-3-8-24(36)16-21)18-34(23-12-14-35(15-13-23)42(2,40)41)19-28(30)32(39)22-7-4-9-25(37)17-22/h3-11,16-17,23,27-28,30,36-37H,12-15,18-19H2,1-2H3/t27-,28-/m0/s1. The molecule has 2 atom stereocenters.